The molecular weight excluding hydrogens is 352 g/mol. The molecular formula is C19H22N2O4S. The van der Waals surface area contributed by atoms with E-state index in [1.54, 1.807) is 18.2 Å². The van der Waals surface area contributed by atoms with E-state index in [-0.39, 0.29) is 10.9 Å². The SMILES string of the molecule is O=S(=O)(NC1CCN(c2ccccc2)CC1)c1cccc2c1OCCO2. The van der Waals surface area contributed by atoms with Crippen LogP contribution in [0.1, 0.15) is 12.8 Å². The van der Waals surface area contributed by atoms with Crippen LogP contribution in [0.4, 0.5) is 5.69 Å². The van der Waals surface area contributed by atoms with Gasteiger partial charge in [-0.05, 0) is 37.1 Å². The normalized spacial score (nSPS) is 17.9. The number of hydrogen-bond donors (Lipinski definition) is 1. The summed E-state index contributed by atoms with van der Waals surface area (Å²) in [6.45, 7) is 2.43. The van der Waals surface area contributed by atoms with Crippen LogP contribution in [-0.4, -0.2) is 40.8 Å². The van der Waals surface area contributed by atoms with Crippen molar-refractivity contribution in [1.82, 2.24) is 4.72 Å². The van der Waals surface area contributed by atoms with Crippen molar-refractivity contribution in [2.24, 2.45) is 0 Å². The molecule has 26 heavy (non-hydrogen) atoms. The average Bonchev–Trinajstić information content (AvgIpc) is 2.68. The summed E-state index contributed by atoms with van der Waals surface area (Å²) in [6.07, 6.45) is 1.53. The molecule has 7 heteroatoms. The van der Waals surface area contributed by atoms with Gasteiger partial charge in [0.05, 0.1) is 0 Å². The van der Waals surface area contributed by atoms with Crippen molar-refractivity contribution in [2.75, 3.05) is 31.2 Å². The highest BCUT2D eigenvalue weighted by atomic mass is 32.2. The molecule has 0 atom stereocenters. The quantitative estimate of drug-likeness (QED) is 0.890. The monoisotopic (exact) mass is 374 g/mol. The summed E-state index contributed by atoms with van der Waals surface area (Å²) in [5.74, 6) is 0.797. The van der Waals surface area contributed by atoms with Crippen LogP contribution in [0.5, 0.6) is 11.5 Å². The lowest BCUT2D eigenvalue weighted by Gasteiger charge is -2.34. The molecule has 2 aromatic rings. The highest BCUT2D eigenvalue weighted by Crippen LogP contribution is 2.36. The molecule has 4 rings (SSSR count). The number of rotatable bonds is 4. The van der Waals surface area contributed by atoms with E-state index < -0.39 is 10.0 Å². The average molecular weight is 374 g/mol. The summed E-state index contributed by atoms with van der Waals surface area (Å²) >= 11 is 0. The molecule has 2 aliphatic rings. The van der Waals surface area contributed by atoms with E-state index in [1.165, 1.54) is 5.69 Å². The zero-order valence-corrected chi connectivity index (χ0v) is 15.2. The third kappa shape index (κ3) is 3.50. The first-order valence-corrected chi connectivity index (χ1v) is 10.3. The van der Waals surface area contributed by atoms with Gasteiger partial charge in [0.15, 0.2) is 11.5 Å². The van der Waals surface area contributed by atoms with E-state index in [0.29, 0.717) is 24.7 Å². The van der Waals surface area contributed by atoms with Gasteiger partial charge in [-0.15, -0.1) is 0 Å². The topological polar surface area (TPSA) is 67.9 Å². The Bertz CT molecular complexity index is 862. The van der Waals surface area contributed by atoms with Crippen LogP contribution in [-0.2, 0) is 10.0 Å². The lowest BCUT2D eigenvalue weighted by atomic mass is 10.1. The molecule has 0 amide bonds. The van der Waals surface area contributed by atoms with Gasteiger partial charge in [-0.25, -0.2) is 13.1 Å². The molecule has 1 fully saturated rings. The van der Waals surface area contributed by atoms with Gasteiger partial charge in [0.2, 0.25) is 10.0 Å². The number of fused-ring (bicyclic) bond motifs is 1. The Kier molecular flexibility index (Phi) is 4.74. The Morgan fingerprint density at radius 2 is 1.65 bits per heavy atom. The van der Waals surface area contributed by atoms with Crippen molar-refractivity contribution in [2.45, 2.75) is 23.8 Å². The Morgan fingerprint density at radius 1 is 0.923 bits per heavy atom. The molecule has 1 N–H and O–H groups in total. The van der Waals surface area contributed by atoms with E-state index in [4.69, 9.17) is 9.47 Å². The first-order valence-electron chi connectivity index (χ1n) is 8.84. The van der Waals surface area contributed by atoms with E-state index in [2.05, 4.69) is 21.8 Å². The zero-order chi connectivity index (χ0) is 18.0. The zero-order valence-electron chi connectivity index (χ0n) is 14.4. The smallest absolute Gasteiger partial charge is 0.244 e. The van der Waals surface area contributed by atoms with E-state index in [0.717, 1.165) is 25.9 Å². The van der Waals surface area contributed by atoms with Gasteiger partial charge in [0, 0.05) is 24.8 Å². The molecule has 138 valence electrons. The van der Waals surface area contributed by atoms with E-state index >= 15 is 0 Å². The number of piperidine rings is 1. The number of sulfonamides is 1. The largest absolute Gasteiger partial charge is 0.486 e. The van der Waals surface area contributed by atoms with Gasteiger partial charge < -0.3 is 14.4 Å². The standard InChI is InChI=1S/C19H22N2O4S/c22-26(23,18-8-4-7-17-19(18)25-14-13-24-17)20-15-9-11-21(12-10-15)16-5-2-1-3-6-16/h1-8,15,20H,9-14H2. The predicted molar refractivity (Wildman–Crippen MR) is 99.4 cm³/mol. The Morgan fingerprint density at radius 3 is 2.42 bits per heavy atom. The summed E-state index contributed by atoms with van der Waals surface area (Å²) in [5.41, 5.74) is 1.18. The number of ether oxygens (including phenoxy) is 2. The first kappa shape index (κ1) is 17.2. The molecule has 0 unspecified atom stereocenters. The van der Waals surface area contributed by atoms with Gasteiger partial charge in [0.25, 0.3) is 0 Å². The molecule has 1 saturated heterocycles. The number of nitrogens with one attached hydrogen (secondary N) is 1. The third-order valence-electron chi connectivity index (χ3n) is 4.76. The summed E-state index contributed by atoms with van der Waals surface area (Å²) in [4.78, 5) is 2.44. The highest BCUT2D eigenvalue weighted by Gasteiger charge is 2.29. The van der Waals surface area contributed by atoms with Gasteiger partial charge in [-0.2, -0.15) is 0 Å². The van der Waals surface area contributed by atoms with Crippen molar-refractivity contribution in [1.29, 1.82) is 0 Å². The molecule has 0 radical (unpaired) electrons. The van der Waals surface area contributed by atoms with Gasteiger partial charge in [-0.1, -0.05) is 24.3 Å². The number of nitrogens with zero attached hydrogens (tertiary/aromatic N) is 1. The first-order chi connectivity index (χ1) is 12.6. The summed E-state index contributed by atoms with van der Waals surface area (Å²) in [7, 11) is -3.66. The van der Waals surface area contributed by atoms with Crippen LogP contribution in [0.15, 0.2) is 53.4 Å². The van der Waals surface area contributed by atoms with Crippen molar-refractivity contribution < 1.29 is 17.9 Å². The van der Waals surface area contributed by atoms with Crippen molar-refractivity contribution in [3.63, 3.8) is 0 Å². The number of para-hydroxylation sites is 2. The Hall–Kier alpha value is -2.25. The molecule has 0 spiro atoms. The second kappa shape index (κ2) is 7.17. The highest BCUT2D eigenvalue weighted by molar-refractivity contribution is 7.89. The van der Waals surface area contributed by atoms with Crippen LogP contribution >= 0.6 is 0 Å². The lowest BCUT2D eigenvalue weighted by Crippen LogP contribution is -2.44. The summed E-state index contributed by atoms with van der Waals surface area (Å²) in [6, 6.07) is 15.1. The minimum Gasteiger partial charge on any atom is -0.486 e. The van der Waals surface area contributed by atoms with Crippen molar-refractivity contribution in [3.05, 3.63) is 48.5 Å². The molecule has 0 aromatic heterocycles. The van der Waals surface area contributed by atoms with Crippen LogP contribution < -0.4 is 19.1 Å². The minimum absolute atomic E-state index is 0.0830. The Balaban J connectivity index is 1.45. The number of hydrogen-bond acceptors (Lipinski definition) is 5. The van der Waals surface area contributed by atoms with Crippen LogP contribution in [0.2, 0.25) is 0 Å². The maximum atomic E-state index is 12.9. The molecule has 0 saturated carbocycles. The fraction of sp³-hybridized carbons (Fsp3) is 0.368. The molecule has 2 aliphatic heterocycles. The van der Waals surface area contributed by atoms with Gasteiger partial charge in [0.1, 0.15) is 18.1 Å². The molecule has 0 bridgehead atoms. The van der Waals surface area contributed by atoms with Crippen LogP contribution in [0.25, 0.3) is 0 Å². The molecule has 2 heterocycles. The van der Waals surface area contributed by atoms with Crippen LogP contribution in [0, 0.1) is 0 Å². The second-order valence-corrected chi connectivity index (χ2v) is 8.18. The maximum absolute atomic E-state index is 12.9. The fourth-order valence-electron chi connectivity index (χ4n) is 3.44. The van der Waals surface area contributed by atoms with E-state index in [1.807, 2.05) is 18.2 Å². The number of benzene rings is 2. The minimum atomic E-state index is -3.66. The Labute approximate surface area is 153 Å². The summed E-state index contributed by atoms with van der Waals surface area (Å²) in [5, 5.41) is 0. The number of anilines is 1. The second-order valence-electron chi connectivity index (χ2n) is 6.50. The maximum Gasteiger partial charge on any atom is 0.244 e. The van der Waals surface area contributed by atoms with Crippen molar-refractivity contribution >= 4 is 15.7 Å². The molecule has 0 aliphatic carbocycles. The predicted octanol–water partition coefficient (Wildman–Crippen LogP) is 2.41. The fourth-order valence-corrected chi connectivity index (χ4v) is 4.90. The lowest BCUT2D eigenvalue weighted by molar-refractivity contribution is 0.167. The van der Waals surface area contributed by atoms with Crippen molar-refractivity contribution in [3.8, 4) is 11.5 Å². The summed E-state index contributed by atoms with van der Waals surface area (Å²) < 4.78 is 39.6. The van der Waals surface area contributed by atoms with Gasteiger partial charge in [-0.3, -0.25) is 0 Å². The molecule has 2 aromatic carbocycles. The van der Waals surface area contributed by atoms with E-state index in [9.17, 15) is 8.42 Å². The molecule has 6 nitrogen and oxygen atoms in total. The van der Waals surface area contributed by atoms with Gasteiger partial charge >= 0.3 is 0 Å². The third-order valence-corrected chi connectivity index (χ3v) is 6.30. The van der Waals surface area contributed by atoms with Crippen LogP contribution in [0.3, 0.4) is 0 Å².